The van der Waals surface area contributed by atoms with E-state index in [-0.39, 0.29) is 34.7 Å². The van der Waals surface area contributed by atoms with Crippen molar-refractivity contribution in [2.45, 2.75) is 103 Å². The highest BCUT2D eigenvalue weighted by Gasteiger charge is 2.71. The van der Waals surface area contributed by atoms with Gasteiger partial charge in [0.15, 0.2) is 0 Å². The molecule has 2 saturated heterocycles. The molecule has 3 saturated carbocycles. The molecule has 5 fully saturated rings. The minimum Gasteiger partial charge on any atom is -0.393 e. The highest BCUT2D eigenvalue weighted by Crippen LogP contribution is 2.70. The van der Waals surface area contributed by atoms with Gasteiger partial charge < -0.3 is 14.6 Å². The van der Waals surface area contributed by atoms with Crippen LogP contribution in [0.2, 0.25) is 0 Å². The molecule has 0 radical (unpaired) electrons. The van der Waals surface area contributed by atoms with E-state index in [0.29, 0.717) is 29.6 Å². The Balaban J connectivity index is 1.37. The number of aliphatic hydroxyl groups excluding tert-OH is 1. The lowest BCUT2D eigenvalue weighted by Gasteiger charge is -2.60. The Morgan fingerprint density at radius 3 is 2.67 bits per heavy atom. The Bertz CT molecular complexity index is 841. The molecule has 4 nitrogen and oxygen atoms in total. The first-order valence-corrected chi connectivity index (χ1v) is 13.8. The molecular weight excluding hydrogens is 410 g/mol. The van der Waals surface area contributed by atoms with Crippen LogP contribution >= 0.6 is 0 Å². The molecule has 6 aliphatic rings. The summed E-state index contributed by atoms with van der Waals surface area (Å²) in [5, 5.41) is 10.3. The van der Waals surface area contributed by atoms with Gasteiger partial charge in [-0.1, -0.05) is 39.3 Å². The number of ether oxygens (including phenoxy) is 2. The summed E-state index contributed by atoms with van der Waals surface area (Å²) in [7, 11) is 0. The van der Waals surface area contributed by atoms with Crippen molar-refractivity contribution >= 4 is 6.72 Å². The fourth-order valence-corrected chi connectivity index (χ4v) is 10.4. The molecule has 0 bridgehead atoms. The van der Waals surface area contributed by atoms with Crippen LogP contribution in [0.4, 0.5) is 0 Å². The lowest BCUT2D eigenvalue weighted by molar-refractivity contribution is -0.116. The Morgan fingerprint density at radius 1 is 1.06 bits per heavy atom. The summed E-state index contributed by atoms with van der Waals surface area (Å²) in [4.78, 5) is 5.09. The van der Waals surface area contributed by atoms with E-state index in [9.17, 15) is 5.11 Å². The van der Waals surface area contributed by atoms with Gasteiger partial charge in [-0.2, -0.15) is 0 Å². The maximum Gasteiger partial charge on any atom is 0.0967 e. The molecule has 0 amide bonds. The summed E-state index contributed by atoms with van der Waals surface area (Å²) in [5.41, 5.74) is 1.67. The molecule has 4 aliphatic carbocycles. The molecule has 184 valence electrons. The van der Waals surface area contributed by atoms with Gasteiger partial charge >= 0.3 is 0 Å². The topological polar surface area (TPSA) is 51.1 Å². The zero-order chi connectivity index (χ0) is 23.2. The number of rotatable bonds is 1. The molecule has 0 aromatic heterocycles. The van der Waals surface area contributed by atoms with Crippen LogP contribution in [-0.2, 0) is 9.47 Å². The first-order valence-electron chi connectivity index (χ1n) is 13.8. The predicted molar refractivity (Wildman–Crippen MR) is 131 cm³/mol. The normalized spacial score (nSPS) is 58.0. The van der Waals surface area contributed by atoms with E-state index in [2.05, 4.69) is 40.5 Å². The summed E-state index contributed by atoms with van der Waals surface area (Å²) in [6.07, 6.45) is 11.7. The lowest BCUT2D eigenvalue weighted by Crippen LogP contribution is -2.60. The Labute approximate surface area is 200 Å². The lowest BCUT2D eigenvalue weighted by atomic mass is 9.45. The molecule has 2 heterocycles. The molecule has 3 unspecified atom stereocenters. The van der Waals surface area contributed by atoms with Gasteiger partial charge in [0.1, 0.15) is 0 Å². The van der Waals surface area contributed by atoms with Crippen LogP contribution in [-0.4, -0.2) is 48.9 Å². The molecule has 0 spiro atoms. The smallest absolute Gasteiger partial charge is 0.0967 e. The van der Waals surface area contributed by atoms with Gasteiger partial charge in [-0.25, -0.2) is 0 Å². The number of hydrogen-bond acceptors (Lipinski definition) is 4. The number of fused-ring (bicyclic) bond motifs is 8. The van der Waals surface area contributed by atoms with E-state index in [0.717, 1.165) is 51.2 Å². The largest absolute Gasteiger partial charge is 0.393 e. The van der Waals surface area contributed by atoms with Crippen molar-refractivity contribution in [2.24, 2.45) is 51.3 Å². The quantitative estimate of drug-likeness (QED) is 0.423. The van der Waals surface area contributed by atoms with Crippen LogP contribution in [0.1, 0.15) is 79.1 Å². The van der Waals surface area contributed by atoms with Crippen LogP contribution < -0.4 is 0 Å². The van der Waals surface area contributed by atoms with Crippen LogP contribution in [0.3, 0.4) is 0 Å². The van der Waals surface area contributed by atoms with Gasteiger partial charge in [-0.05, 0) is 92.6 Å². The van der Waals surface area contributed by atoms with E-state index < -0.39 is 0 Å². The van der Waals surface area contributed by atoms with Crippen LogP contribution in [0, 0.1) is 46.3 Å². The zero-order valence-corrected chi connectivity index (χ0v) is 21.3. The predicted octanol–water partition coefficient (Wildman–Crippen LogP) is 5.44. The van der Waals surface area contributed by atoms with E-state index in [1.165, 1.54) is 19.3 Å². The fourth-order valence-electron chi connectivity index (χ4n) is 10.4. The van der Waals surface area contributed by atoms with E-state index in [4.69, 9.17) is 14.5 Å². The molecule has 2 aliphatic heterocycles. The van der Waals surface area contributed by atoms with Gasteiger partial charge in [-0.3, -0.25) is 4.99 Å². The second-order valence-electron chi connectivity index (χ2n) is 13.3. The molecule has 0 aromatic rings. The summed E-state index contributed by atoms with van der Waals surface area (Å²) in [6.45, 7) is 15.7. The van der Waals surface area contributed by atoms with E-state index in [1.54, 1.807) is 5.57 Å². The third-order valence-electron chi connectivity index (χ3n) is 12.0. The summed E-state index contributed by atoms with van der Waals surface area (Å²) >= 11 is 0. The number of allylic oxidation sites excluding steroid dienone is 1. The highest BCUT2D eigenvalue weighted by molar-refractivity contribution is 5.34. The van der Waals surface area contributed by atoms with E-state index in [1.807, 2.05) is 0 Å². The van der Waals surface area contributed by atoms with Crippen LogP contribution in [0.15, 0.2) is 16.6 Å². The summed E-state index contributed by atoms with van der Waals surface area (Å²) in [6, 6.07) is 0. The highest BCUT2D eigenvalue weighted by atomic mass is 16.5. The standard InChI is InChI=1S/C29H45NO3/c1-17-12-19-16-32-25-14-24-22-7-6-20-13-21(31)8-10-27(20,3)23(22)9-11-28(24,4)29(25,30-5)18(2)26(19)33-15-17/h6,17-19,21-26,31H,5,7-16H2,1-4H3/t17-,18-,19?,21+,22-,23+,24+,25+,26?,27+,28+,29?/m1/s1. The second kappa shape index (κ2) is 7.64. The first kappa shape index (κ1) is 22.7. The van der Waals surface area contributed by atoms with Crippen molar-refractivity contribution < 1.29 is 14.6 Å². The van der Waals surface area contributed by atoms with Crippen molar-refractivity contribution in [3.63, 3.8) is 0 Å². The van der Waals surface area contributed by atoms with Crippen molar-refractivity contribution in [1.82, 2.24) is 0 Å². The Hall–Kier alpha value is -0.710. The summed E-state index contributed by atoms with van der Waals surface area (Å²) in [5.74, 6) is 3.47. The average Bonchev–Trinajstić information content (AvgIpc) is 2.99. The molecule has 4 heteroatoms. The van der Waals surface area contributed by atoms with Gasteiger partial charge in [0, 0.05) is 18.4 Å². The zero-order valence-electron chi connectivity index (χ0n) is 21.3. The maximum atomic E-state index is 10.3. The summed E-state index contributed by atoms with van der Waals surface area (Å²) < 4.78 is 13.4. The first-order chi connectivity index (χ1) is 15.7. The maximum absolute atomic E-state index is 10.3. The average molecular weight is 456 g/mol. The van der Waals surface area contributed by atoms with Crippen LogP contribution in [0.5, 0.6) is 0 Å². The number of aliphatic hydroxyl groups is 1. The SMILES string of the molecule is C=NC12[C@H](C[C@H]3[C@@H]4CC=C5C[C@@H](O)CC[C@]5(C)[C@H]4CC[C@@]31C)OCC1C[C@@H](C)COC1[C@H]2C. The molecule has 1 N–H and O–H groups in total. The second-order valence-corrected chi connectivity index (χ2v) is 13.3. The van der Waals surface area contributed by atoms with E-state index >= 15 is 0 Å². The third kappa shape index (κ3) is 2.90. The molecular formula is C29H45NO3. The molecule has 12 atom stereocenters. The van der Waals surface area contributed by atoms with Gasteiger partial charge in [0.25, 0.3) is 0 Å². The van der Waals surface area contributed by atoms with Crippen molar-refractivity contribution in [2.75, 3.05) is 13.2 Å². The third-order valence-corrected chi connectivity index (χ3v) is 12.0. The van der Waals surface area contributed by atoms with Gasteiger partial charge in [0.2, 0.25) is 0 Å². The molecule has 6 rings (SSSR count). The monoisotopic (exact) mass is 455 g/mol. The van der Waals surface area contributed by atoms with Gasteiger partial charge in [0.05, 0.1) is 30.5 Å². The van der Waals surface area contributed by atoms with Gasteiger partial charge in [-0.15, -0.1) is 0 Å². The fraction of sp³-hybridized carbons (Fsp3) is 0.897. The molecule has 33 heavy (non-hydrogen) atoms. The number of hydrogen-bond donors (Lipinski definition) is 1. The van der Waals surface area contributed by atoms with Crippen LogP contribution in [0.25, 0.3) is 0 Å². The van der Waals surface area contributed by atoms with Crippen molar-refractivity contribution in [1.29, 1.82) is 0 Å². The van der Waals surface area contributed by atoms with Crippen molar-refractivity contribution in [3.05, 3.63) is 11.6 Å². The Morgan fingerprint density at radius 2 is 1.88 bits per heavy atom. The van der Waals surface area contributed by atoms with Crippen molar-refractivity contribution in [3.8, 4) is 0 Å². The number of aliphatic imine (C=N–C) groups is 1. The minimum atomic E-state index is -0.254. The number of nitrogens with zero attached hydrogens (tertiary/aromatic N) is 1. The molecule has 0 aromatic carbocycles. The minimum absolute atomic E-state index is 0.108. The Kier molecular flexibility index (Phi) is 5.27.